The van der Waals surface area contributed by atoms with Crippen molar-refractivity contribution in [3.05, 3.63) is 90.0 Å². The second kappa shape index (κ2) is 14.7. The van der Waals surface area contributed by atoms with E-state index in [2.05, 4.69) is 5.32 Å². The number of nitrogens with zero attached hydrogens (tertiary/aromatic N) is 2. The average Bonchev–Trinajstić information content (AvgIpc) is 2.98. The molecule has 2 atom stereocenters. The molecule has 0 aliphatic rings. The Kier molecular flexibility index (Phi) is 11.3. The maximum atomic E-state index is 14.1. The number of carbonyl (C=O) groups is 2. The molecule has 3 aromatic carbocycles. The molecule has 0 saturated carbocycles. The van der Waals surface area contributed by atoms with Gasteiger partial charge >= 0.3 is 0 Å². The zero-order valence-electron chi connectivity index (χ0n) is 24.5. The quantitative estimate of drug-likeness (QED) is 0.291. The molecule has 2 amide bonds. The molecule has 1 N–H and O–H groups in total. The van der Waals surface area contributed by atoms with Crippen LogP contribution in [-0.4, -0.2) is 57.4 Å². The second-order valence-corrected chi connectivity index (χ2v) is 11.9. The number of anilines is 1. The molecule has 0 aliphatic heterocycles. The molecule has 0 fully saturated rings. The lowest BCUT2D eigenvalue weighted by Crippen LogP contribution is -2.54. The summed E-state index contributed by atoms with van der Waals surface area (Å²) >= 11 is 0. The standard InChI is InChI=1S/C32H41N3O5S/c1-6-25(4)33-32(37)30(7-2)34(22-21-26-11-9-8-10-12-26)31(36)23-35(27-15-17-28(40-5)18-16-27)41(38,39)29-19-13-24(3)14-20-29/h8-20,25,30H,6-7,21-23H2,1-5H3,(H,33,37)/t25-,30+/m0/s1. The molecule has 0 aliphatic carbocycles. The summed E-state index contributed by atoms with van der Waals surface area (Å²) in [5.41, 5.74) is 2.25. The van der Waals surface area contributed by atoms with E-state index in [-0.39, 0.29) is 23.4 Å². The van der Waals surface area contributed by atoms with Crippen LogP contribution in [-0.2, 0) is 26.0 Å². The van der Waals surface area contributed by atoms with E-state index < -0.39 is 28.5 Å². The summed E-state index contributed by atoms with van der Waals surface area (Å²) in [6.45, 7) is 7.42. The molecule has 0 heterocycles. The van der Waals surface area contributed by atoms with Gasteiger partial charge in [-0.05, 0) is 75.1 Å². The lowest BCUT2D eigenvalue weighted by molar-refractivity contribution is -0.139. The maximum Gasteiger partial charge on any atom is 0.264 e. The Morgan fingerprint density at radius 3 is 2.10 bits per heavy atom. The van der Waals surface area contributed by atoms with Crippen molar-refractivity contribution in [1.82, 2.24) is 10.2 Å². The number of carbonyl (C=O) groups excluding carboxylic acids is 2. The number of ether oxygens (including phenoxy) is 1. The van der Waals surface area contributed by atoms with Crippen LogP contribution < -0.4 is 14.4 Å². The van der Waals surface area contributed by atoms with E-state index in [9.17, 15) is 18.0 Å². The van der Waals surface area contributed by atoms with E-state index in [4.69, 9.17) is 4.74 Å². The van der Waals surface area contributed by atoms with Crippen molar-refractivity contribution in [2.75, 3.05) is 24.5 Å². The van der Waals surface area contributed by atoms with Gasteiger partial charge in [-0.3, -0.25) is 13.9 Å². The van der Waals surface area contributed by atoms with Crippen molar-refractivity contribution in [2.24, 2.45) is 0 Å². The summed E-state index contributed by atoms with van der Waals surface area (Å²) in [7, 11) is -2.59. The first-order valence-electron chi connectivity index (χ1n) is 14.0. The minimum atomic E-state index is -4.12. The van der Waals surface area contributed by atoms with Gasteiger partial charge in [0.25, 0.3) is 10.0 Å². The highest BCUT2D eigenvalue weighted by Gasteiger charge is 2.33. The molecule has 220 valence electrons. The highest BCUT2D eigenvalue weighted by atomic mass is 32.2. The average molecular weight is 580 g/mol. The van der Waals surface area contributed by atoms with Crippen LogP contribution in [0.25, 0.3) is 0 Å². The fraction of sp³-hybridized carbons (Fsp3) is 0.375. The summed E-state index contributed by atoms with van der Waals surface area (Å²) in [6.07, 6.45) is 1.66. The monoisotopic (exact) mass is 579 g/mol. The molecular formula is C32H41N3O5S. The van der Waals surface area contributed by atoms with E-state index in [0.717, 1.165) is 21.9 Å². The Bertz CT molecular complexity index is 1380. The van der Waals surface area contributed by atoms with Gasteiger partial charge in [-0.25, -0.2) is 8.42 Å². The Morgan fingerprint density at radius 1 is 0.902 bits per heavy atom. The third-order valence-corrected chi connectivity index (χ3v) is 8.91. The molecule has 0 saturated heterocycles. The Hall–Kier alpha value is -3.85. The first-order valence-corrected chi connectivity index (χ1v) is 15.4. The van der Waals surface area contributed by atoms with Crippen LogP contribution in [0.15, 0.2) is 83.8 Å². The smallest absolute Gasteiger partial charge is 0.264 e. The molecule has 0 spiro atoms. The number of nitrogens with one attached hydrogen (secondary N) is 1. The van der Waals surface area contributed by atoms with Crippen molar-refractivity contribution < 1.29 is 22.7 Å². The van der Waals surface area contributed by atoms with Crippen LogP contribution in [0.1, 0.15) is 44.7 Å². The molecule has 3 rings (SSSR count). The molecule has 9 heteroatoms. The summed E-state index contributed by atoms with van der Waals surface area (Å²) in [5, 5.41) is 2.99. The number of amides is 2. The first-order chi connectivity index (χ1) is 19.6. The predicted octanol–water partition coefficient (Wildman–Crippen LogP) is 4.96. The minimum absolute atomic E-state index is 0.0552. The number of methoxy groups -OCH3 is 1. The predicted molar refractivity (Wildman–Crippen MR) is 163 cm³/mol. The number of hydrogen-bond donors (Lipinski definition) is 1. The number of benzene rings is 3. The normalized spacial score (nSPS) is 12.7. The zero-order valence-corrected chi connectivity index (χ0v) is 25.4. The van der Waals surface area contributed by atoms with E-state index in [1.54, 1.807) is 36.4 Å². The van der Waals surface area contributed by atoms with E-state index in [1.165, 1.54) is 24.1 Å². The third kappa shape index (κ3) is 8.33. The van der Waals surface area contributed by atoms with Crippen molar-refractivity contribution in [3.8, 4) is 5.75 Å². The lowest BCUT2D eigenvalue weighted by atomic mass is 10.1. The first kappa shape index (κ1) is 31.7. The Balaban J connectivity index is 2.01. The van der Waals surface area contributed by atoms with Gasteiger partial charge in [-0.2, -0.15) is 0 Å². The lowest BCUT2D eigenvalue weighted by Gasteiger charge is -2.33. The van der Waals surface area contributed by atoms with Gasteiger partial charge in [0.2, 0.25) is 11.8 Å². The van der Waals surface area contributed by atoms with Crippen LogP contribution in [0.2, 0.25) is 0 Å². The molecule has 0 aromatic heterocycles. The van der Waals surface area contributed by atoms with Crippen molar-refractivity contribution >= 4 is 27.5 Å². The summed E-state index contributed by atoms with van der Waals surface area (Å²) < 4.78 is 34.2. The largest absolute Gasteiger partial charge is 0.497 e. The van der Waals surface area contributed by atoms with E-state index in [0.29, 0.717) is 24.3 Å². The van der Waals surface area contributed by atoms with Crippen LogP contribution in [0.5, 0.6) is 5.75 Å². The molecule has 41 heavy (non-hydrogen) atoms. The van der Waals surface area contributed by atoms with Gasteiger partial charge < -0.3 is 15.0 Å². The molecule has 0 bridgehead atoms. The number of rotatable bonds is 14. The maximum absolute atomic E-state index is 14.1. The second-order valence-electron chi connectivity index (χ2n) is 10.1. The summed E-state index contributed by atoms with van der Waals surface area (Å²) in [6, 6.07) is 21.9. The molecular weight excluding hydrogens is 538 g/mol. The topological polar surface area (TPSA) is 96.0 Å². The molecule has 3 aromatic rings. The molecule has 0 unspecified atom stereocenters. The highest BCUT2D eigenvalue weighted by molar-refractivity contribution is 7.92. The Labute approximate surface area is 244 Å². The number of sulfonamides is 1. The van der Waals surface area contributed by atoms with Crippen molar-refractivity contribution in [1.29, 1.82) is 0 Å². The fourth-order valence-electron chi connectivity index (χ4n) is 4.45. The van der Waals surface area contributed by atoms with Crippen LogP contribution in [0.3, 0.4) is 0 Å². The van der Waals surface area contributed by atoms with Gasteiger partial charge in [-0.1, -0.05) is 61.9 Å². The Morgan fingerprint density at radius 2 is 1.54 bits per heavy atom. The number of aryl methyl sites for hydroxylation is 1. The van der Waals surface area contributed by atoms with Crippen LogP contribution in [0, 0.1) is 6.92 Å². The van der Waals surface area contributed by atoms with Crippen LogP contribution in [0.4, 0.5) is 5.69 Å². The highest BCUT2D eigenvalue weighted by Crippen LogP contribution is 2.26. The summed E-state index contributed by atoms with van der Waals surface area (Å²) in [5.74, 6) is -0.149. The SMILES string of the molecule is CC[C@H](C(=O)N[C@@H](C)CC)N(CCc1ccccc1)C(=O)CN(c1ccc(OC)cc1)S(=O)(=O)c1ccc(C)cc1. The third-order valence-electron chi connectivity index (χ3n) is 7.12. The molecule has 8 nitrogen and oxygen atoms in total. The zero-order chi connectivity index (χ0) is 30.0. The van der Waals surface area contributed by atoms with E-state index in [1.807, 2.05) is 58.0 Å². The van der Waals surface area contributed by atoms with E-state index >= 15 is 0 Å². The fourth-order valence-corrected chi connectivity index (χ4v) is 5.87. The molecule has 0 radical (unpaired) electrons. The van der Waals surface area contributed by atoms with Gasteiger partial charge in [0.1, 0.15) is 18.3 Å². The minimum Gasteiger partial charge on any atom is -0.497 e. The van der Waals surface area contributed by atoms with Crippen molar-refractivity contribution in [3.63, 3.8) is 0 Å². The summed E-state index contributed by atoms with van der Waals surface area (Å²) in [4.78, 5) is 29.0. The van der Waals surface area contributed by atoms with Gasteiger partial charge in [0, 0.05) is 12.6 Å². The van der Waals surface area contributed by atoms with Gasteiger partial charge in [0.05, 0.1) is 17.7 Å². The number of hydrogen-bond acceptors (Lipinski definition) is 5. The van der Waals surface area contributed by atoms with Gasteiger partial charge in [-0.15, -0.1) is 0 Å². The van der Waals surface area contributed by atoms with Gasteiger partial charge in [0.15, 0.2) is 0 Å². The van der Waals surface area contributed by atoms with Crippen LogP contribution >= 0.6 is 0 Å². The van der Waals surface area contributed by atoms with Crippen molar-refractivity contribution in [2.45, 2.75) is 63.9 Å².